The smallest absolute Gasteiger partial charge is 0.320 e. The fourth-order valence-electron chi connectivity index (χ4n) is 3.29. The fourth-order valence-corrected chi connectivity index (χ4v) is 3.29. The van der Waals surface area contributed by atoms with Crippen LogP contribution in [-0.4, -0.2) is 130 Å². The Bertz CT molecular complexity index is 875. The molecule has 0 saturated heterocycles. The summed E-state index contributed by atoms with van der Waals surface area (Å²) in [6.45, 7) is -0.161. The van der Waals surface area contributed by atoms with Crippen LogP contribution in [0.25, 0.3) is 0 Å². The minimum Gasteiger partial charge on any atom is -0.480 e. The third kappa shape index (κ3) is 14.7. The number of carbonyl (C=O) groups is 5. The van der Waals surface area contributed by atoms with E-state index in [1.54, 1.807) is 0 Å². The lowest BCUT2D eigenvalue weighted by molar-refractivity contribution is -0.147. The number of carbonyl (C=O) groups excluding carboxylic acids is 1. The van der Waals surface area contributed by atoms with Gasteiger partial charge in [0.25, 0.3) is 0 Å². The summed E-state index contributed by atoms with van der Waals surface area (Å²) in [6.07, 6.45) is 0.501. The van der Waals surface area contributed by atoms with Crippen LogP contribution in [-0.2, 0) is 35.1 Å². The van der Waals surface area contributed by atoms with Gasteiger partial charge in [0, 0.05) is 32.6 Å². The van der Waals surface area contributed by atoms with Gasteiger partial charge in [-0.1, -0.05) is 29.8 Å². The Morgan fingerprint density at radius 2 is 1.03 bits per heavy atom. The molecule has 0 spiro atoms. The molecule has 4 N–H and O–H groups in total. The lowest BCUT2D eigenvalue weighted by Crippen LogP contribution is -2.45. The summed E-state index contributed by atoms with van der Waals surface area (Å²) in [5.74, 6) is -5.42. The van der Waals surface area contributed by atoms with E-state index in [0.717, 1.165) is 16.0 Å². The van der Waals surface area contributed by atoms with Gasteiger partial charge in [-0.3, -0.25) is 38.7 Å². The Balaban J connectivity index is 2.64. The zero-order chi connectivity index (χ0) is 27.1. The van der Waals surface area contributed by atoms with Crippen molar-refractivity contribution < 1.29 is 49.1 Å². The van der Waals surface area contributed by atoms with Crippen LogP contribution in [0.4, 0.5) is 0 Å². The highest BCUT2D eigenvalue weighted by atomic mass is 16.5. The van der Waals surface area contributed by atoms with Crippen LogP contribution in [0.2, 0.25) is 0 Å². The molecule has 0 fully saturated rings. The SMILES string of the molecule is Cc1ccc(CCOC(=O)CN(CCN(CCN(CC(=O)O)CC(=O)O)CC(=O)O)CC(=O)O)cc1. The first-order valence-electron chi connectivity index (χ1n) is 11.2. The lowest BCUT2D eigenvalue weighted by Gasteiger charge is -2.27. The molecule has 200 valence electrons. The van der Waals surface area contributed by atoms with Gasteiger partial charge in [0.1, 0.15) is 0 Å². The molecule has 13 heteroatoms. The molecule has 0 aliphatic carbocycles. The van der Waals surface area contributed by atoms with Gasteiger partial charge in [-0.05, 0) is 12.5 Å². The van der Waals surface area contributed by atoms with Gasteiger partial charge in [-0.15, -0.1) is 0 Å². The highest BCUT2D eigenvalue weighted by Gasteiger charge is 2.20. The minimum absolute atomic E-state index is 0.0184. The molecule has 0 atom stereocenters. The number of hydrogen-bond acceptors (Lipinski definition) is 9. The minimum atomic E-state index is -1.23. The summed E-state index contributed by atoms with van der Waals surface area (Å²) in [7, 11) is 0. The van der Waals surface area contributed by atoms with E-state index in [1.807, 2.05) is 31.2 Å². The summed E-state index contributed by atoms with van der Waals surface area (Å²) < 4.78 is 5.21. The number of carboxylic acids is 4. The number of rotatable bonds is 19. The zero-order valence-electron chi connectivity index (χ0n) is 20.2. The van der Waals surface area contributed by atoms with E-state index in [9.17, 15) is 34.2 Å². The fraction of sp³-hybridized carbons (Fsp3) is 0.522. The van der Waals surface area contributed by atoms with Gasteiger partial charge in [-0.25, -0.2) is 0 Å². The van der Waals surface area contributed by atoms with Crippen molar-refractivity contribution in [2.45, 2.75) is 13.3 Å². The zero-order valence-corrected chi connectivity index (χ0v) is 20.2. The maximum Gasteiger partial charge on any atom is 0.320 e. The van der Waals surface area contributed by atoms with E-state index in [4.69, 9.17) is 14.9 Å². The first-order chi connectivity index (χ1) is 16.9. The Labute approximate surface area is 208 Å². The maximum absolute atomic E-state index is 12.2. The number of esters is 1. The van der Waals surface area contributed by atoms with Crippen LogP contribution in [0.1, 0.15) is 11.1 Å². The Morgan fingerprint density at radius 3 is 1.47 bits per heavy atom. The maximum atomic E-state index is 12.2. The predicted octanol–water partition coefficient (Wildman–Crippen LogP) is -0.675. The molecule has 1 aromatic carbocycles. The molecule has 0 amide bonds. The molecular weight excluding hydrogens is 478 g/mol. The van der Waals surface area contributed by atoms with Gasteiger partial charge in [0.15, 0.2) is 0 Å². The molecule has 1 aromatic rings. The second kappa shape index (κ2) is 16.2. The van der Waals surface area contributed by atoms with E-state index in [2.05, 4.69) is 0 Å². The molecule has 0 saturated carbocycles. The second-order valence-electron chi connectivity index (χ2n) is 8.23. The molecule has 0 radical (unpaired) electrons. The number of nitrogens with zero attached hydrogens (tertiary/aromatic N) is 3. The van der Waals surface area contributed by atoms with E-state index in [0.29, 0.717) is 6.42 Å². The van der Waals surface area contributed by atoms with Crippen LogP contribution in [0.15, 0.2) is 24.3 Å². The highest BCUT2D eigenvalue weighted by Crippen LogP contribution is 2.04. The summed E-state index contributed by atoms with van der Waals surface area (Å²) in [4.78, 5) is 60.5. The van der Waals surface area contributed by atoms with Crippen molar-refractivity contribution in [3.8, 4) is 0 Å². The molecule has 36 heavy (non-hydrogen) atoms. The van der Waals surface area contributed by atoms with Crippen LogP contribution < -0.4 is 0 Å². The van der Waals surface area contributed by atoms with Crippen molar-refractivity contribution >= 4 is 29.8 Å². The molecular formula is C23H33N3O10. The summed E-state index contributed by atoms with van der Waals surface area (Å²) in [6, 6.07) is 7.73. The number of aryl methyl sites for hydroxylation is 1. The highest BCUT2D eigenvalue weighted by molar-refractivity contribution is 5.74. The molecule has 13 nitrogen and oxygen atoms in total. The molecule has 0 heterocycles. The number of benzene rings is 1. The van der Waals surface area contributed by atoms with Crippen molar-refractivity contribution in [3.05, 3.63) is 35.4 Å². The van der Waals surface area contributed by atoms with E-state index in [1.165, 1.54) is 9.80 Å². The lowest BCUT2D eigenvalue weighted by atomic mass is 10.1. The standard InChI is InChI=1S/C23H33N3O10/c1-17-2-4-18(5-3-17)6-11-36-23(35)16-26(15-22(33)34)10-8-24(12-19(27)28)7-9-25(13-20(29)30)14-21(31)32/h2-5H,6-16H2,1H3,(H,27,28)(H,29,30)(H,31,32)(H,33,34). The molecule has 0 unspecified atom stereocenters. The third-order valence-corrected chi connectivity index (χ3v) is 5.03. The monoisotopic (exact) mass is 511 g/mol. The number of ether oxygens (including phenoxy) is 1. The van der Waals surface area contributed by atoms with Crippen molar-refractivity contribution in [1.29, 1.82) is 0 Å². The molecule has 0 aromatic heterocycles. The van der Waals surface area contributed by atoms with Gasteiger partial charge in [0.2, 0.25) is 0 Å². The normalized spacial score (nSPS) is 11.1. The van der Waals surface area contributed by atoms with Crippen LogP contribution in [0.5, 0.6) is 0 Å². The van der Waals surface area contributed by atoms with Gasteiger partial charge < -0.3 is 25.2 Å². The van der Waals surface area contributed by atoms with Crippen molar-refractivity contribution in [2.24, 2.45) is 0 Å². The first kappa shape index (κ1) is 30.5. The Kier molecular flexibility index (Phi) is 13.7. The topological polar surface area (TPSA) is 185 Å². The van der Waals surface area contributed by atoms with E-state index >= 15 is 0 Å². The number of hydrogen-bond donors (Lipinski definition) is 4. The summed E-state index contributed by atoms with van der Waals surface area (Å²) in [5, 5.41) is 36.2. The van der Waals surface area contributed by atoms with Crippen molar-refractivity contribution in [1.82, 2.24) is 14.7 Å². The van der Waals surface area contributed by atoms with Gasteiger partial charge in [0.05, 0.1) is 39.3 Å². The predicted molar refractivity (Wildman–Crippen MR) is 126 cm³/mol. The summed E-state index contributed by atoms with van der Waals surface area (Å²) >= 11 is 0. The summed E-state index contributed by atoms with van der Waals surface area (Å²) in [5.41, 5.74) is 2.09. The quantitative estimate of drug-likeness (QED) is 0.171. The first-order valence-corrected chi connectivity index (χ1v) is 11.2. The largest absolute Gasteiger partial charge is 0.480 e. The van der Waals surface area contributed by atoms with Crippen LogP contribution in [0, 0.1) is 6.92 Å². The second-order valence-corrected chi connectivity index (χ2v) is 8.23. The van der Waals surface area contributed by atoms with E-state index in [-0.39, 0.29) is 39.3 Å². The average molecular weight is 512 g/mol. The van der Waals surface area contributed by atoms with Crippen molar-refractivity contribution in [3.63, 3.8) is 0 Å². The Morgan fingerprint density at radius 1 is 0.639 bits per heavy atom. The van der Waals surface area contributed by atoms with Gasteiger partial charge in [-0.2, -0.15) is 0 Å². The Hall–Kier alpha value is -3.55. The number of aliphatic carboxylic acids is 4. The van der Waals surface area contributed by atoms with Crippen LogP contribution in [0.3, 0.4) is 0 Å². The third-order valence-electron chi connectivity index (χ3n) is 5.03. The molecule has 1 rings (SSSR count). The van der Waals surface area contributed by atoms with Gasteiger partial charge >= 0.3 is 29.8 Å². The van der Waals surface area contributed by atoms with E-state index < -0.39 is 56.0 Å². The average Bonchev–Trinajstić information content (AvgIpc) is 2.75. The van der Waals surface area contributed by atoms with Crippen LogP contribution >= 0.6 is 0 Å². The molecule has 0 aliphatic heterocycles. The van der Waals surface area contributed by atoms with Crippen molar-refractivity contribution in [2.75, 3.05) is 65.5 Å². The molecule has 0 aliphatic rings. The number of carboxylic acid groups (broad SMARTS) is 4. The molecule has 0 bridgehead atoms.